The summed E-state index contributed by atoms with van der Waals surface area (Å²) in [5, 5.41) is 12.3. The van der Waals surface area contributed by atoms with E-state index in [0.717, 1.165) is 13.1 Å². The maximum absolute atomic E-state index is 9.18. The predicted molar refractivity (Wildman–Crippen MR) is 64.4 cm³/mol. The molecule has 1 aromatic carbocycles. The molecule has 0 unspecified atom stereocenters. The fourth-order valence-corrected chi connectivity index (χ4v) is 1.71. The molecule has 3 nitrogen and oxygen atoms in total. The molecule has 0 amide bonds. The van der Waals surface area contributed by atoms with Gasteiger partial charge in [0.05, 0.1) is 0 Å². The van der Waals surface area contributed by atoms with Crippen LogP contribution in [0.15, 0.2) is 42.7 Å². The summed E-state index contributed by atoms with van der Waals surface area (Å²) in [6.45, 7) is 1.73. The molecule has 84 valence electrons. The summed E-state index contributed by atoms with van der Waals surface area (Å²) in [6, 6.07) is 9.41. The molecule has 0 aliphatic rings. The van der Waals surface area contributed by atoms with Crippen LogP contribution in [0.5, 0.6) is 5.75 Å². The molecule has 2 N–H and O–H groups in total. The molecule has 0 spiro atoms. The second kappa shape index (κ2) is 4.86. The average molecular weight is 216 g/mol. The summed E-state index contributed by atoms with van der Waals surface area (Å²) in [5.74, 6) is 0.312. The van der Waals surface area contributed by atoms with E-state index < -0.39 is 0 Å². The van der Waals surface area contributed by atoms with Crippen molar-refractivity contribution < 1.29 is 5.11 Å². The Balaban J connectivity index is 2.05. The fourth-order valence-electron chi connectivity index (χ4n) is 1.71. The lowest BCUT2D eigenvalue weighted by Crippen LogP contribution is -2.04. The van der Waals surface area contributed by atoms with Crippen molar-refractivity contribution in [1.29, 1.82) is 0 Å². The topological polar surface area (TPSA) is 37.2 Å². The third kappa shape index (κ3) is 2.64. The van der Waals surface area contributed by atoms with Gasteiger partial charge in [-0.25, -0.2) is 0 Å². The Morgan fingerprint density at radius 3 is 2.56 bits per heavy atom. The molecule has 0 radical (unpaired) electrons. The van der Waals surface area contributed by atoms with Crippen LogP contribution in [0.25, 0.3) is 0 Å². The number of rotatable bonds is 4. The van der Waals surface area contributed by atoms with Crippen LogP contribution in [0.1, 0.15) is 11.1 Å². The molecule has 2 aromatic rings. The van der Waals surface area contributed by atoms with E-state index in [-0.39, 0.29) is 0 Å². The van der Waals surface area contributed by atoms with Crippen LogP contribution in [0.2, 0.25) is 0 Å². The Hall–Kier alpha value is -1.74. The van der Waals surface area contributed by atoms with Crippen molar-refractivity contribution in [3.63, 3.8) is 0 Å². The second-order valence-electron chi connectivity index (χ2n) is 3.89. The zero-order valence-electron chi connectivity index (χ0n) is 9.35. The lowest BCUT2D eigenvalue weighted by atomic mass is 10.2. The molecule has 0 atom stereocenters. The SMILES string of the molecule is CNCc1ccn(Cc2ccc(O)cc2)c1. The zero-order chi connectivity index (χ0) is 11.4. The molecule has 1 aromatic heterocycles. The van der Waals surface area contributed by atoms with E-state index in [4.69, 9.17) is 0 Å². The van der Waals surface area contributed by atoms with Crippen molar-refractivity contribution in [3.05, 3.63) is 53.9 Å². The van der Waals surface area contributed by atoms with E-state index in [0.29, 0.717) is 5.75 Å². The second-order valence-corrected chi connectivity index (χ2v) is 3.89. The van der Waals surface area contributed by atoms with E-state index in [1.807, 2.05) is 19.2 Å². The number of nitrogens with zero attached hydrogens (tertiary/aromatic N) is 1. The highest BCUT2D eigenvalue weighted by Gasteiger charge is 1.97. The normalized spacial score (nSPS) is 10.6. The molecule has 16 heavy (non-hydrogen) atoms. The minimum atomic E-state index is 0.312. The van der Waals surface area contributed by atoms with Gasteiger partial charge in [0.15, 0.2) is 0 Å². The number of aromatic hydroxyl groups is 1. The first-order valence-corrected chi connectivity index (χ1v) is 5.35. The number of benzene rings is 1. The van der Waals surface area contributed by atoms with Crippen LogP contribution in [0.4, 0.5) is 0 Å². The van der Waals surface area contributed by atoms with Crippen LogP contribution in [-0.4, -0.2) is 16.7 Å². The van der Waals surface area contributed by atoms with Gasteiger partial charge in [-0.2, -0.15) is 0 Å². The van der Waals surface area contributed by atoms with Crippen molar-refractivity contribution in [2.75, 3.05) is 7.05 Å². The van der Waals surface area contributed by atoms with Gasteiger partial charge in [0.1, 0.15) is 5.75 Å². The van der Waals surface area contributed by atoms with Crippen LogP contribution >= 0.6 is 0 Å². The molecular formula is C13H16N2O. The van der Waals surface area contributed by atoms with Gasteiger partial charge in [-0.15, -0.1) is 0 Å². The highest BCUT2D eigenvalue weighted by molar-refractivity contribution is 5.26. The van der Waals surface area contributed by atoms with E-state index in [1.54, 1.807) is 12.1 Å². The number of hydrogen-bond acceptors (Lipinski definition) is 2. The maximum atomic E-state index is 9.18. The molecule has 0 saturated heterocycles. The van der Waals surface area contributed by atoms with Gasteiger partial charge in [0.25, 0.3) is 0 Å². The van der Waals surface area contributed by atoms with Crippen molar-refractivity contribution in [2.45, 2.75) is 13.1 Å². The average Bonchev–Trinajstić information content (AvgIpc) is 2.70. The van der Waals surface area contributed by atoms with Gasteiger partial charge in [-0.05, 0) is 36.4 Å². The quantitative estimate of drug-likeness (QED) is 0.819. The van der Waals surface area contributed by atoms with E-state index >= 15 is 0 Å². The number of phenolic OH excluding ortho intramolecular Hbond substituents is 1. The fraction of sp³-hybridized carbons (Fsp3) is 0.231. The predicted octanol–water partition coefficient (Wildman–Crippen LogP) is 1.96. The minimum absolute atomic E-state index is 0.312. The van der Waals surface area contributed by atoms with Gasteiger partial charge >= 0.3 is 0 Å². The summed E-state index contributed by atoms with van der Waals surface area (Å²) in [7, 11) is 1.94. The number of phenols is 1. The Morgan fingerprint density at radius 1 is 1.12 bits per heavy atom. The largest absolute Gasteiger partial charge is 0.508 e. The Labute approximate surface area is 95.3 Å². The Morgan fingerprint density at radius 2 is 1.88 bits per heavy atom. The summed E-state index contributed by atoms with van der Waals surface area (Å²) in [6.07, 6.45) is 4.20. The zero-order valence-corrected chi connectivity index (χ0v) is 9.35. The summed E-state index contributed by atoms with van der Waals surface area (Å²) < 4.78 is 2.14. The van der Waals surface area contributed by atoms with E-state index in [2.05, 4.69) is 28.3 Å². The monoisotopic (exact) mass is 216 g/mol. The highest BCUT2D eigenvalue weighted by Crippen LogP contribution is 2.11. The molecule has 0 fully saturated rings. The number of aromatic nitrogens is 1. The van der Waals surface area contributed by atoms with Crippen LogP contribution < -0.4 is 5.32 Å². The number of hydrogen-bond donors (Lipinski definition) is 2. The van der Waals surface area contributed by atoms with Gasteiger partial charge in [-0.3, -0.25) is 0 Å². The molecule has 2 rings (SSSR count). The standard InChI is InChI=1S/C13H16N2O/c1-14-8-12-6-7-15(10-12)9-11-2-4-13(16)5-3-11/h2-7,10,14,16H,8-9H2,1H3. The summed E-state index contributed by atoms with van der Waals surface area (Å²) in [5.41, 5.74) is 2.46. The first kappa shape index (κ1) is 10.8. The first-order valence-electron chi connectivity index (χ1n) is 5.35. The van der Waals surface area contributed by atoms with Gasteiger partial charge in [0.2, 0.25) is 0 Å². The van der Waals surface area contributed by atoms with E-state index in [1.165, 1.54) is 11.1 Å². The van der Waals surface area contributed by atoms with Crippen LogP contribution in [0.3, 0.4) is 0 Å². The lowest BCUT2D eigenvalue weighted by molar-refractivity contribution is 0.475. The van der Waals surface area contributed by atoms with Crippen molar-refractivity contribution in [3.8, 4) is 5.75 Å². The van der Waals surface area contributed by atoms with Gasteiger partial charge in [0, 0.05) is 25.5 Å². The third-order valence-electron chi connectivity index (χ3n) is 2.49. The van der Waals surface area contributed by atoms with E-state index in [9.17, 15) is 5.11 Å². The molecule has 1 heterocycles. The maximum Gasteiger partial charge on any atom is 0.115 e. The highest BCUT2D eigenvalue weighted by atomic mass is 16.3. The molecule has 0 aliphatic heterocycles. The smallest absolute Gasteiger partial charge is 0.115 e. The molecule has 0 saturated carbocycles. The number of nitrogens with one attached hydrogen (secondary N) is 1. The molecule has 0 bridgehead atoms. The van der Waals surface area contributed by atoms with Gasteiger partial charge in [-0.1, -0.05) is 12.1 Å². The summed E-state index contributed by atoms with van der Waals surface area (Å²) >= 11 is 0. The van der Waals surface area contributed by atoms with Crippen molar-refractivity contribution in [1.82, 2.24) is 9.88 Å². The lowest BCUT2D eigenvalue weighted by Gasteiger charge is -2.03. The molecule has 3 heteroatoms. The Bertz CT molecular complexity index is 445. The third-order valence-corrected chi connectivity index (χ3v) is 2.49. The van der Waals surface area contributed by atoms with Crippen molar-refractivity contribution in [2.24, 2.45) is 0 Å². The molecular weight excluding hydrogens is 200 g/mol. The van der Waals surface area contributed by atoms with Crippen molar-refractivity contribution >= 4 is 0 Å². The first-order chi connectivity index (χ1) is 7.78. The van der Waals surface area contributed by atoms with Gasteiger partial charge < -0.3 is 15.0 Å². The minimum Gasteiger partial charge on any atom is -0.508 e. The Kier molecular flexibility index (Phi) is 3.27. The van der Waals surface area contributed by atoms with Crippen LogP contribution in [0, 0.1) is 0 Å². The molecule has 0 aliphatic carbocycles. The summed E-state index contributed by atoms with van der Waals surface area (Å²) in [4.78, 5) is 0. The van der Waals surface area contributed by atoms with Crippen LogP contribution in [-0.2, 0) is 13.1 Å².